The smallest absolute Gasteiger partial charge is 0.208 e. The normalized spacial score (nSPS) is 13.4. The lowest BCUT2D eigenvalue weighted by molar-refractivity contribution is 0.330. The molecule has 0 atom stereocenters. The molecule has 0 bridgehead atoms. The summed E-state index contributed by atoms with van der Waals surface area (Å²) in [7, 11) is 0. The van der Waals surface area contributed by atoms with Gasteiger partial charge in [0.2, 0.25) is 17.2 Å². The molecule has 6 heteroatoms. The Morgan fingerprint density at radius 3 is 1.65 bits per heavy atom. The molecule has 7 aromatic carbocycles. The molecule has 1 aliphatic rings. The summed E-state index contributed by atoms with van der Waals surface area (Å²) in [5.41, 5.74) is 6.07. The Morgan fingerprint density at radius 1 is 0.429 bits per heavy atom. The second-order valence-corrected chi connectivity index (χ2v) is 12.3. The van der Waals surface area contributed by atoms with Crippen LogP contribution >= 0.6 is 0 Å². The van der Waals surface area contributed by atoms with Crippen LogP contribution in [0.15, 0.2) is 132 Å². The Bertz CT molecular complexity index is 2710. The van der Waals surface area contributed by atoms with Crippen LogP contribution in [0.4, 0.5) is 0 Å². The molecule has 0 amide bonds. The highest BCUT2D eigenvalue weighted by molar-refractivity contribution is 6.22. The van der Waals surface area contributed by atoms with E-state index < -0.39 is 28.7 Å². The van der Waals surface area contributed by atoms with Gasteiger partial charge in [-0.2, -0.15) is 0 Å². The topological polar surface area (TPSA) is 114 Å². The fourth-order valence-electron chi connectivity index (χ4n) is 7.44. The minimum atomic E-state index is -0.992. The number of fused-ring (bicyclic) bond motifs is 7. The number of benzene rings is 7. The van der Waals surface area contributed by atoms with Crippen molar-refractivity contribution >= 4 is 65.4 Å². The van der Waals surface area contributed by atoms with Crippen LogP contribution in [0.25, 0.3) is 76.5 Å². The van der Waals surface area contributed by atoms with Crippen LogP contribution in [0.5, 0.6) is 28.7 Å². The quantitative estimate of drug-likeness (QED) is 0.0746. The van der Waals surface area contributed by atoms with Crippen LogP contribution in [0.3, 0.4) is 0 Å². The maximum absolute atomic E-state index is 11.0. The summed E-state index contributed by atoms with van der Waals surface area (Å²) >= 11 is 0. The van der Waals surface area contributed by atoms with Gasteiger partial charge in [0.05, 0.1) is 5.56 Å². The predicted molar refractivity (Wildman–Crippen MR) is 196 cm³/mol. The molecule has 5 N–H and O–H groups in total. The monoisotopic (exact) mass is 640 g/mol. The highest BCUT2D eigenvalue weighted by atomic mass is 16.4. The van der Waals surface area contributed by atoms with Crippen molar-refractivity contribution in [2.45, 2.75) is 6.42 Å². The average Bonchev–Trinajstić information content (AvgIpc) is 3.37. The van der Waals surface area contributed by atoms with Crippen molar-refractivity contribution in [2.75, 3.05) is 0 Å². The van der Waals surface area contributed by atoms with Crippen LogP contribution in [0.2, 0.25) is 0 Å². The van der Waals surface area contributed by atoms with E-state index in [1.54, 1.807) is 0 Å². The molecule has 1 heterocycles. The van der Waals surface area contributed by atoms with Crippen molar-refractivity contribution in [3.8, 4) is 39.9 Å². The molecule has 236 valence electrons. The van der Waals surface area contributed by atoms with Crippen molar-refractivity contribution in [3.05, 3.63) is 139 Å². The van der Waals surface area contributed by atoms with Crippen molar-refractivity contribution in [1.29, 1.82) is 0 Å². The number of allylic oxidation sites excluding steroid dienone is 6. The number of phenols is 5. The van der Waals surface area contributed by atoms with Gasteiger partial charge < -0.3 is 29.9 Å². The zero-order valence-electron chi connectivity index (χ0n) is 26.0. The van der Waals surface area contributed by atoms with E-state index in [1.807, 2.05) is 72.8 Å². The summed E-state index contributed by atoms with van der Waals surface area (Å²) in [5, 5.41) is 60.5. The Hall–Kier alpha value is -6.66. The standard InChI is InChI=1S/C43H28O6/c44-38-37(39(45)41(47)42(48)40(38)46)36-30-15-5-3-13-28(30)34(29-14-4-6-16-31(29)36)25-11-7-10-23(19-20-25)26-17-8-18-33-35(26)32-22-21-24-9-1-2-12-27(24)43(32)49-33/h1-6,8-22,44-48H,7H2. The fraction of sp³-hybridized carbons (Fsp3) is 0.0233. The highest BCUT2D eigenvalue weighted by Crippen LogP contribution is 2.57. The zero-order chi connectivity index (χ0) is 33.4. The molecule has 0 aliphatic heterocycles. The first-order valence-corrected chi connectivity index (χ1v) is 16.0. The Morgan fingerprint density at radius 2 is 0.980 bits per heavy atom. The maximum Gasteiger partial charge on any atom is 0.208 e. The number of rotatable bonds is 3. The van der Waals surface area contributed by atoms with Gasteiger partial charge in [-0.1, -0.05) is 115 Å². The third-order valence-corrected chi connectivity index (χ3v) is 9.66. The van der Waals surface area contributed by atoms with Gasteiger partial charge in [0.1, 0.15) is 11.2 Å². The zero-order valence-corrected chi connectivity index (χ0v) is 26.0. The molecular weight excluding hydrogens is 612 g/mol. The molecular formula is C43H28O6. The van der Waals surface area contributed by atoms with Crippen molar-refractivity contribution in [1.82, 2.24) is 0 Å². The van der Waals surface area contributed by atoms with E-state index in [0.29, 0.717) is 22.8 Å². The molecule has 8 aromatic rings. The second-order valence-electron chi connectivity index (χ2n) is 12.3. The van der Waals surface area contributed by atoms with Crippen LogP contribution in [0, 0.1) is 0 Å². The predicted octanol–water partition coefficient (Wildman–Crippen LogP) is 10.7. The summed E-state index contributed by atoms with van der Waals surface area (Å²) in [5.74, 6) is -4.28. The van der Waals surface area contributed by atoms with Gasteiger partial charge in [-0.15, -0.1) is 0 Å². The second kappa shape index (κ2) is 10.7. The minimum Gasteiger partial charge on any atom is -0.504 e. The highest BCUT2D eigenvalue weighted by Gasteiger charge is 2.28. The van der Waals surface area contributed by atoms with E-state index in [2.05, 4.69) is 54.6 Å². The van der Waals surface area contributed by atoms with Crippen LogP contribution in [-0.2, 0) is 0 Å². The molecule has 0 saturated heterocycles. The van der Waals surface area contributed by atoms with Crippen molar-refractivity contribution in [3.63, 3.8) is 0 Å². The Labute approximate surface area is 279 Å². The van der Waals surface area contributed by atoms with E-state index >= 15 is 0 Å². The fourth-order valence-corrected chi connectivity index (χ4v) is 7.44. The van der Waals surface area contributed by atoms with E-state index in [4.69, 9.17) is 4.42 Å². The summed E-state index contributed by atoms with van der Waals surface area (Å²) in [6.07, 6.45) is 9.33. The van der Waals surface area contributed by atoms with Gasteiger partial charge in [-0.05, 0) is 67.8 Å². The molecule has 9 rings (SSSR count). The van der Waals surface area contributed by atoms with Gasteiger partial charge >= 0.3 is 0 Å². The average molecular weight is 641 g/mol. The molecule has 1 aliphatic carbocycles. The molecule has 6 nitrogen and oxygen atoms in total. The molecule has 0 spiro atoms. The van der Waals surface area contributed by atoms with Crippen molar-refractivity contribution in [2.24, 2.45) is 0 Å². The number of hydrogen-bond donors (Lipinski definition) is 5. The van der Waals surface area contributed by atoms with Gasteiger partial charge in [-0.25, -0.2) is 0 Å². The lowest BCUT2D eigenvalue weighted by Crippen LogP contribution is -1.94. The summed E-state index contributed by atoms with van der Waals surface area (Å²) in [6.45, 7) is 0. The molecule has 0 fully saturated rings. The molecule has 0 radical (unpaired) electrons. The van der Waals surface area contributed by atoms with Crippen LogP contribution in [-0.4, -0.2) is 25.5 Å². The van der Waals surface area contributed by atoms with Gasteiger partial charge in [0.25, 0.3) is 0 Å². The first-order valence-electron chi connectivity index (χ1n) is 16.0. The summed E-state index contributed by atoms with van der Waals surface area (Å²) in [6, 6.07) is 34.0. The van der Waals surface area contributed by atoms with E-state index in [-0.39, 0.29) is 5.56 Å². The number of furan rings is 1. The lowest BCUT2D eigenvalue weighted by Gasteiger charge is -2.20. The Balaban J connectivity index is 1.23. The van der Waals surface area contributed by atoms with Crippen molar-refractivity contribution < 1.29 is 29.9 Å². The van der Waals surface area contributed by atoms with Crippen LogP contribution in [0.1, 0.15) is 17.5 Å². The first kappa shape index (κ1) is 28.6. The Kier molecular flexibility index (Phi) is 6.23. The number of phenolic OH excluding ortho intramolecular Hbond substituents is 5. The SMILES string of the molecule is Oc1c(O)c(O)c(-c2c3ccccc3c(C3=CCC=C(c4cccc5oc6c7ccccc7ccc6c45)C=C3)c3ccccc23)c(O)c1O. The molecule has 0 unspecified atom stereocenters. The largest absolute Gasteiger partial charge is 0.504 e. The maximum atomic E-state index is 11.0. The van der Waals surface area contributed by atoms with Gasteiger partial charge in [0.15, 0.2) is 11.5 Å². The third-order valence-electron chi connectivity index (χ3n) is 9.66. The number of hydrogen-bond acceptors (Lipinski definition) is 6. The van der Waals surface area contributed by atoms with Gasteiger partial charge in [0, 0.05) is 21.7 Å². The van der Waals surface area contributed by atoms with E-state index in [0.717, 1.165) is 65.8 Å². The summed E-state index contributed by atoms with van der Waals surface area (Å²) < 4.78 is 6.46. The molecule has 1 aromatic heterocycles. The van der Waals surface area contributed by atoms with E-state index in [9.17, 15) is 25.5 Å². The molecule has 49 heavy (non-hydrogen) atoms. The minimum absolute atomic E-state index is 0.172. The first-order chi connectivity index (χ1) is 23.9. The molecule has 0 saturated carbocycles. The number of aromatic hydroxyl groups is 5. The third kappa shape index (κ3) is 4.14. The lowest BCUT2D eigenvalue weighted by atomic mass is 9.85. The van der Waals surface area contributed by atoms with E-state index in [1.165, 1.54) is 0 Å². The van der Waals surface area contributed by atoms with Gasteiger partial charge in [-0.3, -0.25) is 0 Å². The summed E-state index contributed by atoms with van der Waals surface area (Å²) in [4.78, 5) is 0. The van der Waals surface area contributed by atoms with Crippen LogP contribution < -0.4 is 0 Å².